The first-order valence-electron chi connectivity index (χ1n) is 10.3. The van der Waals surface area contributed by atoms with Gasteiger partial charge in [-0.15, -0.1) is 0 Å². The Morgan fingerprint density at radius 1 is 1.10 bits per heavy atom. The van der Waals surface area contributed by atoms with Crippen LogP contribution in [0.3, 0.4) is 0 Å². The second-order valence-electron chi connectivity index (χ2n) is 7.55. The number of para-hydroxylation sites is 1. The fourth-order valence-corrected chi connectivity index (χ4v) is 4.74. The third kappa shape index (κ3) is 5.97. The number of hydrogen-bond donors (Lipinski definition) is 2. The molecule has 162 valence electrons. The molecule has 1 amide bonds. The smallest absolute Gasteiger partial charge is 0.261 e. The van der Waals surface area contributed by atoms with Gasteiger partial charge in [0.15, 0.2) is 0 Å². The molecule has 0 spiro atoms. The Hall–Kier alpha value is -2.09. The highest BCUT2D eigenvalue weighted by Gasteiger charge is 2.23. The average Bonchev–Trinajstić information content (AvgIpc) is 2.73. The van der Waals surface area contributed by atoms with Crippen LogP contribution in [-0.2, 0) is 10.0 Å². The summed E-state index contributed by atoms with van der Waals surface area (Å²) in [5.74, 6) is -0.267. The van der Waals surface area contributed by atoms with Gasteiger partial charge in [-0.1, -0.05) is 37.1 Å². The van der Waals surface area contributed by atoms with E-state index in [0.717, 1.165) is 32.5 Å². The van der Waals surface area contributed by atoms with Gasteiger partial charge in [0, 0.05) is 24.2 Å². The third-order valence-corrected chi connectivity index (χ3v) is 6.92. The molecule has 30 heavy (non-hydrogen) atoms. The molecular formula is C22H28ClN3O3S. The van der Waals surface area contributed by atoms with Crippen molar-refractivity contribution in [2.45, 2.75) is 43.5 Å². The predicted octanol–water partition coefficient (Wildman–Crippen LogP) is 4.14. The summed E-state index contributed by atoms with van der Waals surface area (Å²) in [5.41, 5.74) is 0.564. The topological polar surface area (TPSA) is 78.5 Å². The van der Waals surface area contributed by atoms with E-state index in [4.69, 9.17) is 11.6 Å². The summed E-state index contributed by atoms with van der Waals surface area (Å²) < 4.78 is 27.9. The van der Waals surface area contributed by atoms with Crippen molar-refractivity contribution < 1.29 is 13.2 Å². The zero-order valence-corrected chi connectivity index (χ0v) is 18.7. The third-order valence-electron chi connectivity index (χ3n) is 5.29. The summed E-state index contributed by atoms with van der Waals surface area (Å²) in [5, 5.41) is 3.52. The number of hydrogen-bond acceptors (Lipinski definition) is 4. The number of piperidine rings is 1. The number of benzene rings is 2. The van der Waals surface area contributed by atoms with Crippen molar-refractivity contribution in [1.82, 2.24) is 10.2 Å². The number of carbonyl (C=O) groups is 1. The molecule has 0 aliphatic carbocycles. The number of sulfonamides is 1. The van der Waals surface area contributed by atoms with Crippen LogP contribution < -0.4 is 10.0 Å². The van der Waals surface area contributed by atoms with E-state index in [2.05, 4.69) is 21.9 Å². The van der Waals surface area contributed by atoms with Gasteiger partial charge in [0.2, 0.25) is 0 Å². The fraction of sp³-hybridized carbons (Fsp3) is 0.409. The van der Waals surface area contributed by atoms with E-state index in [1.54, 1.807) is 24.3 Å². The molecule has 8 heteroatoms. The summed E-state index contributed by atoms with van der Waals surface area (Å²) in [6, 6.07) is 12.6. The zero-order chi connectivity index (χ0) is 21.6. The molecule has 1 saturated heterocycles. The molecule has 1 aliphatic heterocycles. The van der Waals surface area contributed by atoms with Crippen LogP contribution in [0.1, 0.15) is 43.0 Å². The van der Waals surface area contributed by atoms with Gasteiger partial charge >= 0.3 is 0 Å². The molecule has 0 unspecified atom stereocenters. The molecule has 0 bridgehead atoms. The molecule has 0 aromatic heterocycles. The van der Waals surface area contributed by atoms with Gasteiger partial charge in [0.25, 0.3) is 15.9 Å². The van der Waals surface area contributed by atoms with E-state index in [1.807, 2.05) is 0 Å². The second kappa shape index (κ2) is 10.3. The summed E-state index contributed by atoms with van der Waals surface area (Å²) in [6.07, 6.45) is 4.17. The van der Waals surface area contributed by atoms with Crippen LogP contribution >= 0.6 is 11.6 Å². The Kier molecular flexibility index (Phi) is 7.75. The van der Waals surface area contributed by atoms with E-state index >= 15 is 0 Å². The van der Waals surface area contributed by atoms with Gasteiger partial charge in [-0.2, -0.15) is 0 Å². The fourth-order valence-electron chi connectivity index (χ4n) is 3.53. The van der Waals surface area contributed by atoms with Crippen LogP contribution in [0.15, 0.2) is 53.4 Å². The van der Waals surface area contributed by atoms with E-state index in [-0.39, 0.29) is 22.5 Å². The first-order chi connectivity index (χ1) is 14.4. The molecule has 2 N–H and O–H groups in total. The van der Waals surface area contributed by atoms with Crippen molar-refractivity contribution in [3.05, 3.63) is 59.1 Å². The van der Waals surface area contributed by atoms with Gasteiger partial charge in [0.05, 0.1) is 16.1 Å². The number of likely N-dealkylation sites (tertiary alicyclic amines) is 1. The summed E-state index contributed by atoms with van der Waals surface area (Å²) in [7, 11) is -3.83. The molecule has 0 radical (unpaired) electrons. The Bertz CT molecular complexity index is 956. The molecule has 0 saturated carbocycles. The van der Waals surface area contributed by atoms with Crippen molar-refractivity contribution >= 4 is 33.2 Å². The lowest BCUT2D eigenvalue weighted by molar-refractivity contribution is 0.0911. The van der Waals surface area contributed by atoms with Crippen LogP contribution in [0, 0.1) is 0 Å². The highest BCUT2D eigenvalue weighted by atomic mass is 35.5. The Morgan fingerprint density at radius 3 is 2.43 bits per heavy atom. The zero-order valence-electron chi connectivity index (χ0n) is 17.1. The maximum absolute atomic E-state index is 12.9. The maximum Gasteiger partial charge on any atom is 0.261 e. The number of halogens is 1. The minimum atomic E-state index is -3.83. The van der Waals surface area contributed by atoms with Crippen LogP contribution in [0.4, 0.5) is 5.69 Å². The molecular weight excluding hydrogens is 422 g/mol. The van der Waals surface area contributed by atoms with Crippen LogP contribution in [0.5, 0.6) is 0 Å². The lowest BCUT2D eigenvalue weighted by Gasteiger charge is -2.32. The van der Waals surface area contributed by atoms with Crippen LogP contribution in [-0.4, -0.2) is 44.9 Å². The number of amides is 1. The molecule has 2 aromatic rings. The lowest BCUT2D eigenvalue weighted by atomic mass is 10.0. The molecule has 1 heterocycles. The summed E-state index contributed by atoms with van der Waals surface area (Å²) in [6.45, 7) is 5.23. The van der Waals surface area contributed by atoms with E-state index < -0.39 is 10.0 Å². The lowest BCUT2D eigenvalue weighted by Crippen LogP contribution is -2.45. The Morgan fingerprint density at radius 2 is 1.77 bits per heavy atom. The standard InChI is InChI=1S/C22H28ClN3O3S/c1-2-3-14-26-15-12-18(13-16-26)24-22(27)20-6-4-5-7-21(20)25-30(28,29)19-10-8-17(23)9-11-19/h4-11,18,25H,2-3,12-16H2,1H3,(H,24,27). The normalized spacial score (nSPS) is 15.7. The summed E-state index contributed by atoms with van der Waals surface area (Å²) in [4.78, 5) is 15.4. The maximum atomic E-state index is 12.9. The molecule has 3 rings (SSSR count). The van der Waals surface area contributed by atoms with Crippen molar-refractivity contribution in [2.75, 3.05) is 24.4 Å². The van der Waals surface area contributed by atoms with Crippen molar-refractivity contribution in [2.24, 2.45) is 0 Å². The van der Waals surface area contributed by atoms with E-state index in [0.29, 0.717) is 10.6 Å². The van der Waals surface area contributed by atoms with Gasteiger partial charge in [-0.25, -0.2) is 8.42 Å². The van der Waals surface area contributed by atoms with Gasteiger partial charge in [-0.3, -0.25) is 9.52 Å². The van der Waals surface area contributed by atoms with E-state index in [9.17, 15) is 13.2 Å². The quantitative estimate of drug-likeness (QED) is 0.635. The molecule has 6 nitrogen and oxygen atoms in total. The van der Waals surface area contributed by atoms with Gasteiger partial charge in [0.1, 0.15) is 0 Å². The highest BCUT2D eigenvalue weighted by molar-refractivity contribution is 7.92. The highest BCUT2D eigenvalue weighted by Crippen LogP contribution is 2.22. The number of nitrogens with zero attached hydrogens (tertiary/aromatic N) is 1. The number of anilines is 1. The number of rotatable bonds is 8. The molecule has 0 atom stereocenters. The number of nitrogens with one attached hydrogen (secondary N) is 2. The van der Waals surface area contributed by atoms with Crippen molar-refractivity contribution in [1.29, 1.82) is 0 Å². The van der Waals surface area contributed by atoms with Gasteiger partial charge < -0.3 is 10.2 Å². The monoisotopic (exact) mass is 449 g/mol. The summed E-state index contributed by atoms with van der Waals surface area (Å²) >= 11 is 5.84. The van der Waals surface area contributed by atoms with Crippen LogP contribution in [0.2, 0.25) is 5.02 Å². The number of unbranched alkanes of at least 4 members (excludes halogenated alkanes) is 1. The second-order valence-corrected chi connectivity index (χ2v) is 9.67. The van der Waals surface area contributed by atoms with Crippen molar-refractivity contribution in [3.8, 4) is 0 Å². The Balaban J connectivity index is 1.66. The average molecular weight is 450 g/mol. The van der Waals surface area contributed by atoms with Crippen LogP contribution in [0.25, 0.3) is 0 Å². The molecule has 1 fully saturated rings. The SMILES string of the molecule is CCCCN1CCC(NC(=O)c2ccccc2NS(=O)(=O)c2ccc(Cl)cc2)CC1. The molecule has 1 aliphatic rings. The van der Waals surface area contributed by atoms with Gasteiger partial charge in [-0.05, 0) is 62.2 Å². The predicted molar refractivity (Wildman–Crippen MR) is 121 cm³/mol. The minimum Gasteiger partial charge on any atom is -0.349 e. The number of carbonyl (C=O) groups excluding carboxylic acids is 1. The minimum absolute atomic E-state index is 0.0848. The van der Waals surface area contributed by atoms with Crippen molar-refractivity contribution in [3.63, 3.8) is 0 Å². The first kappa shape index (κ1) is 22.6. The first-order valence-corrected chi connectivity index (χ1v) is 12.2. The Labute approximate surface area is 183 Å². The largest absolute Gasteiger partial charge is 0.349 e. The molecule has 2 aromatic carbocycles. The van der Waals surface area contributed by atoms with E-state index in [1.165, 1.54) is 37.1 Å².